The maximum atomic E-state index is 16.7. The number of alkyl halides is 2. The number of carbonyl (C=O) groups excluding carboxylic acids is 4. The van der Waals surface area contributed by atoms with Gasteiger partial charge in [0.15, 0.2) is 0 Å². The average molecular weight is 889 g/mol. The monoisotopic (exact) mass is 888 g/mol. The van der Waals surface area contributed by atoms with E-state index in [1.807, 2.05) is 62.9 Å². The summed E-state index contributed by atoms with van der Waals surface area (Å²) in [4.78, 5) is 72.6. The molecule has 16 heteroatoms. The Hall–Kier alpha value is -6.32. The van der Waals surface area contributed by atoms with Gasteiger partial charge >= 0.3 is 12.2 Å². The van der Waals surface area contributed by atoms with Gasteiger partial charge in [-0.2, -0.15) is 8.78 Å². The molecule has 4 N–H and O–H groups in total. The molecule has 4 heterocycles. The number of rotatable bonds is 10. The maximum Gasteiger partial charge on any atom is 0.407 e. The van der Waals surface area contributed by atoms with Gasteiger partial charge in [-0.1, -0.05) is 58.0 Å². The summed E-state index contributed by atoms with van der Waals surface area (Å²) in [5.41, 5.74) is 4.68. The number of hydrogen-bond acceptors (Lipinski definition) is 8. The van der Waals surface area contributed by atoms with E-state index in [1.165, 1.54) is 20.3 Å². The van der Waals surface area contributed by atoms with E-state index in [4.69, 9.17) is 19.4 Å². The number of aromatic nitrogens is 4. The fourth-order valence-corrected chi connectivity index (χ4v) is 11.0. The number of halogens is 2. The minimum atomic E-state index is -3.29. The molecule has 2 aromatic heterocycles. The molecular weight excluding hydrogens is 835 g/mol. The lowest BCUT2D eigenvalue weighted by molar-refractivity contribution is -0.139. The first-order valence-electron chi connectivity index (χ1n) is 22.6. The average Bonchev–Trinajstić information content (AvgIpc) is 3.95. The van der Waals surface area contributed by atoms with Gasteiger partial charge in [-0.15, -0.1) is 0 Å². The number of nitrogens with one attached hydrogen (secondary N) is 4. The van der Waals surface area contributed by atoms with Crippen LogP contribution in [0.3, 0.4) is 0 Å². The molecule has 5 aromatic rings. The molecule has 10 rings (SSSR count). The minimum Gasteiger partial charge on any atom is -0.453 e. The van der Waals surface area contributed by atoms with Crippen molar-refractivity contribution in [3.63, 3.8) is 0 Å². The molecule has 1 spiro atoms. The zero-order valence-electron chi connectivity index (χ0n) is 37.3. The number of aromatic amines is 2. The van der Waals surface area contributed by atoms with E-state index in [0.717, 1.165) is 49.6 Å². The molecule has 5 aliphatic rings. The quantitative estimate of drug-likeness (QED) is 0.108. The Morgan fingerprint density at radius 2 is 1.40 bits per heavy atom. The second-order valence-electron chi connectivity index (χ2n) is 19.4. The van der Waals surface area contributed by atoms with Gasteiger partial charge in [0, 0.05) is 29.3 Å². The summed E-state index contributed by atoms with van der Waals surface area (Å²) in [6.45, 7) is 8.09. The van der Waals surface area contributed by atoms with Gasteiger partial charge in [0.2, 0.25) is 11.8 Å². The Morgan fingerprint density at radius 3 is 2.05 bits per heavy atom. The van der Waals surface area contributed by atoms with Crippen molar-refractivity contribution >= 4 is 35.0 Å². The molecule has 4 amide bonds. The molecule has 2 saturated carbocycles. The second kappa shape index (κ2) is 15.7. The van der Waals surface area contributed by atoms with Gasteiger partial charge < -0.3 is 39.9 Å². The molecule has 6 atom stereocenters. The highest BCUT2D eigenvalue weighted by Crippen LogP contribution is 2.59. The first kappa shape index (κ1) is 42.6. The van der Waals surface area contributed by atoms with Crippen molar-refractivity contribution in [2.24, 2.45) is 23.2 Å². The number of likely N-dealkylation sites (tertiary alicyclic amines) is 2. The van der Waals surface area contributed by atoms with Gasteiger partial charge in [0.1, 0.15) is 23.7 Å². The molecular formula is C49H54F2N8O6. The highest BCUT2D eigenvalue weighted by Gasteiger charge is 2.56. The molecule has 3 aliphatic carbocycles. The van der Waals surface area contributed by atoms with Crippen LogP contribution in [0.2, 0.25) is 0 Å². The van der Waals surface area contributed by atoms with Crippen molar-refractivity contribution in [1.82, 2.24) is 40.4 Å². The summed E-state index contributed by atoms with van der Waals surface area (Å²) < 4.78 is 43.0. The van der Waals surface area contributed by atoms with Crippen molar-refractivity contribution < 1.29 is 37.4 Å². The van der Waals surface area contributed by atoms with Crippen LogP contribution in [0.25, 0.3) is 44.5 Å². The third kappa shape index (κ3) is 7.19. The molecule has 2 saturated heterocycles. The van der Waals surface area contributed by atoms with Crippen molar-refractivity contribution in [2.45, 2.75) is 102 Å². The predicted molar refractivity (Wildman–Crippen MR) is 237 cm³/mol. The Labute approximate surface area is 375 Å². The fraction of sp³-hybridized carbons (Fsp3) is 0.469. The highest BCUT2D eigenvalue weighted by molar-refractivity contribution is 5.89. The summed E-state index contributed by atoms with van der Waals surface area (Å²) >= 11 is 0. The summed E-state index contributed by atoms with van der Waals surface area (Å²) in [6, 6.07) is 13.8. The predicted octanol–water partition coefficient (Wildman–Crippen LogP) is 8.61. The number of ether oxygens (including phenoxy) is 2. The second-order valence-corrected chi connectivity index (χ2v) is 19.4. The summed E-state index contributed by atoms with van der Waals surface area (Å²) in [7, 11) is 2.54. The van der Waals surface area contributed by atoms with E-state index in [9.17, 15) is 19.2 Å². The molecule has 1 unspecified atom stereocenters. The standard InChI is InChI=1S/C49H54F2N8O6/c1-24(2)39(56-46(62)64-5)44(60)58-23-48(15-16-48)21-38(58)42-52-22-37(55-42)28-9-13-32-31-12-8-26(18-33(31)49(50,51)34(32)19-28)27-10-14-35-36(20-27)54-43(53-35)41-29-7-11-30(17-29)59(41)45(61)40(25(3)4)57-47(63)65-6/h8-10,12-14,18-20,22,24-25,29-30,38-41H,7,11,15-17,21,23H2,1-6H3,(H,52,55)(H,53,54)(H,56,62)(H,57,63)/t29-,30+,38?,39-,40-,41-/m0/s1. The number of H-pyrrole nitrogens is 2. The zero-order chi connectivity index (χ0) is 45.7. The number of carbonyl (C=O) groups is 4. The Bertz CT molecular complexity index is 2740. The fourth-order valence-electron chi connectivity index (χ4n) is 11.0. The van der Waals surface area contributed by atoms with E-state index < -0.39 is 30.2 Å². The molecule has 2 aliphatic heterocycles. The number of alkyl carbamates (subject to hydrolysis) is 2. The van der Waals surface area contributed by atoms with Crippen LogP contribution >= 0.6 is 0 Å². The molecule has 3 aromatic carbocycles. The number of benzene rings is 3. The number of nitrogens with zero attached hydrogens (tertiary/aromatic N) is 4. The van der Waals surface area contributed by atoms with Crippen LogP contribution in [0.1, 0.15) is 101 Å². The molecule has 65 heavy (non-hydrogen) atoms. The Morgan fingerprint density at radius 1 is 0.785 bits per heavy atom. The van der Waals surface area contributed by atoms with Gasteiger partial charge in [0.05, 0.1) is 49.2 Å². The number of piperidine rings is 1. The van der Waals surface area contributed by atoms with E-state index in [2.05, 4.69) is 20.6 Å². The van der Waals surface area contributed by atoms with Crippen LogP contribution in [0.15, 0.2) is 60.8 Å². The largest absolute Gasteiger partial charge is 0.453 e. The van der Waals surface area contributed by atoms with Crippen LogP contribution in [0.4, 0.5) is 18.4 Å². The van der Waals surface area contributed by atoms with E-state index in [1.54, 1.807) is 29.3 Å². The van der Waals surface area contributed by atoms with E-state index in [0.29, 0.717) is 51.7 Å². The van der Waals surface area contributed by atoms with Crippen molar-refractivity contribution in [2.75, 3.05) is 20.8 Å². The minimum absolute atomic E-state index is 0.0102. The van der Waals surface area contributed by atoms with Crippen LogP contribution in [-0.4, -0.2) is 92.6 Å². The molecule has 2 bridgehead atoms. The SMILES string of the molecule is COC(=O)N[C@H](C(=O)N1CC2(CC2)CC1c1ncc(-c2ccc3c(c2)C(F)(F)c2cc(-c4ccc5nc([C@@H]6[C@H]7CC[C@H](C7)N6C(=O)[C@@H](NC(=O)OC)C(C)C)[nH]c5c4)ccc2-3)[nH]1)C(C)C. The highest BCUT2D eigenvalue weighted by atomic mass is 19.3. The number of hydrogen-bond donors (Lipinski definition) is 4. The number of imidazole rings is 2. The summed E-state index contributed by atoms with van der Waals surface area (Å²) in [5, 5.41) is 5.43. The zero-order valence-corrected chi connectivity index (χ0v) is 37.3. The van der Waals surface area contributed by atoms with Crippen LogP contribution in [0, 0.1) is 23.2 Å². The lowest BCUT2D eigenvalue weighted by atomic mass is 9.95. The number of fused-ring (bicyclic) bond motifs is 6. The molecule has 14 nitrogen and oxygen atoms in total. The van der Waals surface area contributed by atoms with Gasteiger partial charge in [-0.05, 0) is 108 Å². The lowest BCUT2D eigenvalue weighted by Crippen LogP contribution is -2.54. The van der Waals surface area contributed by atoms with Crippen molar-refractivity contribution in [3.8, 4) is 33.5 Å². The molecule has 340 valence electrons. The first-order chi connectivity index (χ1) is 31.1. The third-order valence-electron chi connectivity index (χ3n) is 14.7. The van der Waals surface area contributed by atoms with Gasteiger partial charge in [-0.25, -0.2) is 19.6 Å². The first-order valence-corrected chi connectivity index (χ1v) is 22.6. The van der Waals surface area contributed by atoms with Crippen molar-refractivity contribution in [3.05, 3.63) is 83.6 Å². The smallest absolute Gasteiger partial charge is 0.407 e. The Kier molecular flexibility index (Phi) is 10.3. The number of methoxy groups -OCH3 is 2. The van der Waals surface area contributed by atoms with Crippen LogP contribution < -0.4 is 10.6 Å². The summed E-state index contributed by atoms with van der Waals surface area (Å²) in [6.07, 6.45) is 5.75. The molecule has 0 radical (unpaired) electrons. The topological polar surface area (TPSA) is 175 Å². The van der Waals surface area contributed by atoms with E-state index in [-0.39, 0.29) is 64.2 Å². The molecule has 4 fully saturated rings. The summed E-state index contributed by atoms with van der Waals surface area (Å²) in [5.74, 6) is -2.53. The number of amides is 4. The maximum absolute atomic E-state index is 16.7. The van der Waals surface area contributed by atoms with Crippen LogP contribution in [0.5, 0.6) is 0 Å². The van der Waals surface area contributed by atoms with Crippen LogP contribution in [-0.2, 0) is 25.0 Å². The van der Waals surface area contributed by atoms with Gasteiger partial charge in [0.25, 0.3) is 5.92 Å². The van der Waals surface area contributed by atoms with Gasteiger partial charge in [-0.3, -0.25) is 9.59 Å². The normalized spacial score (nSPS) is 22.9. The lowest BCUT2D eigenvalue weighted by Gasteiger charge is -2.37. The third-order valence-corrected chi connectivity index (χ3v) is 14.7. The Balaban J connectivity index is 0.896. The van der Waals surface area contributed by atoms with E-state index >= 15 is 8.78 Å². The van der Waals surface area contributed by atoms with Crippen molar-refractivity contribution in [1.29, 1.82) is 0 Å².